The molecule has 1 heterocycles. The predicted octanol–water partition coefficient (Wildman–Crippen LogP) is 4.31. The lowest BCUT2D eigenvalue weighted by atomic mass is 10.1. The maximum absolute atomic E-state index is 13.6. The van der Waals surface area contributed by atoms with Gasteiger partial charge in [-0.15, -0.1) is 0 Å². The Kier molecular flexibility index (Phi) is 6.39. The quantitative estimate of drug-likeness (QED) is 0.422. The van der Waals surface area contributed by atoms with Crippen molar-refractivity contribution >= 4 is 5.91 Å². The maximum atomic E-state index is 13.6. The highest BCUT2D eigenvalue weighted by Gasteiger charge is 2.20. The van der Waals surface area contributed by atoms with E-state index >= 15 is 0 Å². The van der Waals surface area contributed by atoms with E-state index in [1.165, 1.54) is 29.2 Å². The van der Waals surface area contributed by atoms with Crippen molar-refractivity contribution in [1.29, 1.82) is 0 Å². The van der Waals surface area contributed by atoms with E-state index in [0.717, 1.165) is 12.2 Å². The number of hydrogen-bond donors (Lipinski definition) is 0. The molecule has 0 fully saturated rings. The van der Waals surface area contributed by atoms with Crippen molar-refractivity contribution in [3.05, 3.63) is 82.7 Å². The summed E-state index contributed by atoms with van der Waals surface area (Å²) in [5.41, 5.74) is 1.61. The largest absolute Gasteiger partial charge is 0.483 e. The Morgan fingerprint density at radius 1 is 1.07 bits per heavy atom. The fraction of sp³-hybridized carbons (Fsp3) is 0.238. The molecule has 0 N–H and O–H groups in total. The number of hydrogen-bond acceptors (Lipinski definition) is 3. The summed E-state index contributed by atoms with van der Waals surface area (Å²) in [5.74, 6) is -7.66. The first-order valence-corrected chi connectivity index (χ1v) is 9.12. The molecular formula is C21H19F4N3O2. The first-order chi connectivity index (χ1) is 14.3. The van der Waals surface area contributed by atoms with Crippen LogP contribution in [0.3, 0.4) is 0 Å². The zero-order valence-electron chi connectivity index (χ0n) is 16.3. The van der Waals surface area contributed by atoms with Crippen molar-refractivity contribution in [2.24, 2.45) is 0 Å². The fourth-order valence-corrected chi connectivity index (χ4v) is 2.78. The molecule has 0 saturated carbocycles. The molecule has 0 radical (unpaired) electrons. The fourth-order valence-electron chi connectivity index (χ4n) is 2.78. The number of carbonyl (C=O) groups is 1. The summed E-state index contributed by atoms with van der Waals surface area (Å²) < 4.78 is 60.4. The van der Waals surface area contributed by atoms with E-state index in [1.54, 1.807) is 11.7 Å². The van der Waals surface area contributed by atoms with Crippen molar-refractivity contribution in [2.45, 2.75) is 26.6 Å². The summed E-state index contributed by atoms with van der Waals surface area (Å²) >= 11 is 0. The van der Waals surface area contributed by atoms with Crippen LogP contribution < -0.4 is 4.74 Å². The molecule has 1 amide bonds. The van der Waals surface area contributed by atoms with Crippen molar-refractivity contribution in [1.82, 2.24) is 14.7 Å². The van der Waals surface area contributed by atoms with Crippen LogP contribution in [-0.2, 0) is 19.7 Å². The summed E-state index contributed by atoms with van der Waals surface area (Å²) in [6, 6.07) is 8.06. The molecule has 0 aliphatic rings. The SMILES string of the molecule is CCn1ccc(CN(C)C(=O)c2ccc(COc3c(F)c(F)cc(F)c3F)cc2)n1. The molecule has 3 aromatic rings. The third kappa shape index (κ3) is 4.61. The predicted molar refractivity (Wildman–Crippen MR) is 101 cm³/mol. The van der Waals surface area contributed by atoms with Crippen LogP contribution in [0.25, 0.3) is 0 Å². The molecule has 158 valence electrons. The smallest absolute Gasteiger partial charge is 0.253 e. The normalized spacial score (nSPS) is 10.9. The zero-order chi connectivity index (χ0) is 21.8. The summed E-state index contributed by atoms with van der Waals surface area (Å²) in [6.07, 6.45) is 1.83. The van der Waals surface area contributed by atoms with Gasteiger partial charge in [-0.1, -0.05) is 12.1 Å². The van der Waals surface area contributed by atoms with Gasteiger partial charge >= 0.3 is 0 Å². The number of nitrogens with zero attached hydrogens (tertiary/aromatic N) is 3. The van der Waals surface area contributed by atoms with Crippen LogP contribution >= 0.6 is 0 Å². The molecule has 0 saturated heterocycles. The van der Waals surface area contributed by atoms with Crippen molar-refractivity contribution < 1.29 is 27.1 Å². The topological polar surface area (TPSA) is 47.4 Å². The van der Waals surface area contributed by atoms with Crippen LogP contribution in [-0.4, -0.2) is 27.6 Å². The molecule has 9 heteroatoms. The van der Waals surface area contributed by atoms with Crippen LogP contribution in [0.4, 0.5) is 17.6 Å². The number of aromatic nitrogens is 2. The highest BCUT2D eigenvalue weighted by Crippen LogP contribution is 2.27. The lowest BCUT2D eigenvalue weighted by molar-refractivity contribution is 0.0783. The molecule has 0 spiro atoms. The van der Waals surface area contributed by atoms with E-state index in [0.29, 0.717) is 17.7 Å². The monoisotopic (exact) mass is 421 g/mol. The molecule has 3 rings (SSSR count). The zero-order valence-corrected chi connectivity index (χ0v) is 16.3. The van der Waals surface area contributed by atoms with Crippen molar-refractivity contribution in [2.75, 3.05) is 7.05 Å². The Balaban J connectivity index is 1.64. The minimum Gasteiger partial charge on any atom is -0.483 e. The summed E-state index contributed by atoms with van der Waals surface area (Å²) in [4.78, 5) is 14.1. The van der Waals surface area contributed by atoms with E-state index in [-0.39, 0.29) is 18.6 Å². The van der Waals surface area contributed by atoms with Gasteiger partial charge in [0, 0.05) is 31.4 Å². The van der Waals surface area contributed by atoms with Gasteiger partial charge in [0.25, 0.3) is 5.91 Å². The molecule has 0 bridgehead atoms. The second kappa shape index (κ2) is 8.98. The van der Waals surface area contributed by atoms with Gasteiger partial charge in [-0.3, -0.25) is 9.48 Å². The molecule has 0 atom stereocenters. The number of amides is 1. The average molecular weight is 421 g/mol. The van der Waals surface area contributed by atoms with Crippen molar-refractivity contribution in [3.63, 3.8) is 0 Å². The van der Waals surface area contributed by atoms with Gasteiger partial charge in [0.05, 0.1) is 12.2 Å². The molecule has 0 unspecified atom stereocenters. The summed E-state index contributed by atoms with van der Waals surface area (Å²) in [6.45, 7) is 2.69. The van der Waals surface area contributed by atoms with Gasteiger partial charge in [-0.25, -0.2) is 8.78 Å². The van der Waals surface area contributed by atoms with Crippen molar-refractivity contribution in [3.8, 4) is 5.75 Å². The van der Waals surface area contributed by atoms with E-state index in [2.05, 4.69) is 5.10 Å². The van der Waals surface area contributed by atoms with Crippen LogP contribution in [0.15, 0.2) is 42.6 Å². The summed E-state index contributed by atoms with van der Waals surface area (Å²) in [5, 5.41) is 4.33. The van der Waals surface area contributed by atoms with Gasteiger partial charge in [0.1, 0.15) is 6.61 Å². The van der Waals surface area contributed by atoms with Crippen LogP contribution in [0.1, 0.15) is 28.5 Å². The van der Waals surface area contributed by atoms with Gasteiger partial charge in [0.2, 0.25) is 11.6 Å². The number of halogens is 4. The molecule has 5 nitrogen and oxygen atoms in total. The van der Waals surface area contributed by atoms with Crippen LogP contribution in [0, 0.1) is 23.3 Å². The van der Waals surface area contributed by atoms with E-state index in [9.17, 15) is 22.4 Å². The molecule has 2 aromatic carbocycles. The molecule has 0 aliphatic carbocycles. The Labute approximate surface area is 170 Å². The third-order valence-electron chi connectivity index (χ3n) is 4.42. The number of carbonyl (C=O) groups excluding carboxylic acids is 1. The molecule has 0 aliphatic heterocycles. The lowest BCUT2D eigenvalue weighted by Gasteiger charge is -2.16. The third-order valence-corrected chi connectivity index (χ3v) is 4.42. The van der Waals surface area contributed by atoms with E-state index in [1.807, 2.05) is 19.2 Å². The minimum absolute atomic E-state index is 0.112. The van der Waals surface area contributed by atoms with Crippen LogP contribution in [0.5, 0.6) is 5.75 Å². The Morgan fingerprint density at radius 3 is 2.27 bits per heavy atom. The Bertz CT molecular complexity index is 1020. The van der Waals surface area contributed by atoms with E-state index in [4.69, 9.17) is 4.74 Å². The second-order valence-electron chi connectivity index (χ2n) is 6.61. The second-order valence-corrected chi connectivity index (χ2v) is 6.61. The molecule has 30 heavy (non-hydrogen) atoms. The molecular weight excluding hydrogens is 402 g/mol. The number of ether oxygens (including phenoxy) is 1. The first kappa shape index (κ1) is 21.4. The molecule has 1 aromatic heterocycles. The van der Waals surface area contributed by atoms with Gasteiger partial charge < -0.3 is 9.64 Å². The average Bonchev–Trinajstić information content (AvgIpc) is 3.19. The minimum atomic E-state index is -1.60. The highest BCUT2D eigenvalue weighted by molar-refractivity contribution is 5.94. The standard InChI is InChI=1S/C21H19F4N3O2/c1-3-28-9-8-15(26-28)11-27(2)21(29)14-6-4-13(5-7-14)12-30-20-18(24)16(22)10-17(23)19(20)25/h4-10H,3,11-12H2,1-2H3. The van der Waals surface area contributed by atoms with Gasteiger partial charge in [-0.2, -0.15) is 13.9 Å². The Morgan fingerprint density at radius 2 is 1.70 bits per heavy atom. The Hall–Kier alpha value is -3.36. The number of rotatable bonds is 7. The van der Waals surface area contributed by atoms with E-state index < -0.39 is 29.0 Å². The summed E-state index contributed by atoms with van der Waals surface area (Å²) in [7, 11) is 1.65. The van der Waals surface area contributed by atoms with Gasteiger partial charge in [0.15, 0.2) is 17.4 Å². The lowest BCUT2D eigenvalue weighted by Crippen LogP contribution is -2.26. The highest BCUT2D eigenvalue weighted by atomic mass is 19.2. The van der Waals surface area contributed by atoms with Gasteiger partial charge in [-0.05, 0) is 30.7 Å². The first-order valence-electron chi connectivity index (χ1n) is 9.12. The maximum Gasteiger partial charge on any atom is 0.253 e. The number of benzene rings is 2. The van der Waals surface area contributed by atoms with Crippen LogP contribution in [0.2, 0.25) is 0 Å². The number of aryl methyl sites for hydroxylation is 1.